The van der Waals surface area contributed by atoms with Crippen LogP contribution in [0.2, 0.25) is 0 Å². The van der Waals surface area contributed by atoms with Gasteiger partial charge >= 0.3 is 5.69 Å². The van der Waals surface area contributed by atoms with Gasteiger partial charge in [0.2, 0.25) is 17.6 Å². The lowest BCUT2D eigenvalue weighted by Gasteiger charge is -2.16. The van der Waals surface area contributed by atoms with E-state index in [-0.39, 0.29) is 24.5 Å². The molecule has 2 heterocycles. The third kappa shape index (κ3) is 4.62. The normalized spacial score (nSPS) is 15.8. The fraction of sp³-hybridized carbons (Fsp3) is 0.190. The van der Waals surface area contributed by atoms with Crippen LogP contribution < -0.4 is 10.2 Å². The van der Waals surface area contributed by atoms with E-state index < -0.39 is 34.2 Å². The average molecular weight is 458 g/mol. The molecule has 1 aliphatic rings. The lowest BCUT2D eigenvalue weighted by molar-refractivity contribution is -0.387. The van der Waals surface area contributed by atoms with Gasteiger partial charge in [0.25, 0.3) is 0 Å². The SMILES string of the molecule is O=C(Nc1ncc(Cc2cccc(F)c2)s1)C1CC(=O)N(c2ccc(F)c([N+](=O)[O-])c2)C1. The number of thiazole rings is 1. The Morgan fingerprint density at radius 1 is 1.28 bits per heavy atom. The molecule has 2 amide bonds. The molecule has 0 spiro atoms. The Morgan fingerprint density at radius 3 is 2.84 bits per heavy atom. The highest BCUT2D eigenvalue weighted by Gasteiger charge is 2.36. The molecule has 0 radical (unpaired) electrons. The van der Waals surface area contributed by atoms with Crippen LogP contribution in [0.5, 0.6) is 0 Å². The Kier molecular flexibility index (Phi) is 5.91. The summed E-state index contributed by atoms with van der Waals surface area (Å²) in [5, 5.41) is 14.0. The molecule has 32 heavy (non-hydrogen) atoms. The van der Waals surface area contributed by atoms with Crippen molar-refractivity contribution in [2.24, 2.45) is 5.92 Å². The highest BCUT2D eigenvalue weighted by atomic mass is 32.1. The van der Waals surface area contributed by atoms with Crippen LogP contribution in [0.4, 0.5) is 25.3 Å². The van der Waals surface area contributed by atoms with Gasteiger partial charge in [-0.3, -0.25) is 19.7 Å². The third-order valence-corrected chi connectivity index (χ3v) is 5.90. The number of halogens is 2. The van der Waals surface area contributed by atoms with Crippen LogP contribution in [-0.4, -0.2) is 28.3 Å². The molecule has 1 aliphatic heterocycles. The van der Waals surface area contributed by atoms with Gasteiger partial charge in [-0.15, -0.1) is 11.3 Å². The van der Waals surface area contributed by atoms with Gasteiger partial charge in [-0.2, -0.15) is 4.39 Å². The molecule has 3 aromatic rings. The summed E-state index contributed by atoms with van der Waals surface area (Å²) in [6, 6.07) is 9.36. The number of nitrogens with zero attached hydrogens (tertiary/aromatic N) is 3. The second-order valence-electron chi connectivity index (χ2n) is 7.23. The van der Waals surface area contributed by atoms with Gasteiger partial charge in [-0.1, -0.05) is 12.1 Å². The molecule has 0 aliphatic carbocycles. The standard InChI is InChI=1S/C21H16F2N4O4S/c22-14-3-1-2-12(6-14)7-16-10-24-21(32-16)25-20(29)13-8-19(28)26(11-13)15-4-5-17(23)18(9-15)27(30)31/h1-6,9-10,13H,7-8,11H2,(H,24,25,29). The summed E-state index contributed by atoms with van der Waals surface area (Å²) in [6.45, 7) is 0.00891. The van der Waals surface area contributed by atoms with Gasteiger partial charge in [0.15, 0.2) is 5.13 Å². The van der Waals surface area contributed by atoms with Crippen molar-refractivity contribution in [1.82, 2.24) is 4.98 Å². The van der Waals surface area contributed by atoms with E-state index >= 15 is 0 Å². The maximum absolute atomic E-state index is 13.6. The molecule has 4 rings (SSSR count). The maximum atomic E-state index is 13.6. The van der Waals surface area contributed by atoms with Gasteiger partial charge in [-0.05, 0) is 29.8 Å². The van der Waals surface area contributed by atoms with Gasteiger partial charge < -0.3 is 10.2 Å². The van der Waals surface area contributed by atoms with Crippen LogP contribution in [0.3, 0.4) is 0 Å². The molecule has 8 nitrogen and oxygen atoms in total. The number of carbonyl (C=O) groups is 2. The van der Waals surface area contributed by atoms with Crippen LogP contribution in [0.15, 0.2) is 48.7 Å². The number of amides is 2. The lowest BCUT2D eigenvalue weighted by atomic mass is 10.1. The zero-order valence-electron chi connectivity index (χ0n) is 16.5. The fourth-order valence-corrected chi connectivity index (χ4v) is 4.29. The first kappa shape index (κ1) is 21.5. The van der Waals surface area contributed by atoms with E-state index in [0.29, 0.717) is 11.6 Å². The number of rotatable bonds is 6. The van der Waals surface area contributed by atoms with E-state index in [0.717, 1.165) is 22.6 Å². The van der Waals surface area contributed by atoms with E-state index in [1.807, 2.05) is 0 Å². The molecular weight excluding hydrogens is 442 g/mol. The molecule has 164 valence electrons. The van der Waals surface area contributed by atoms with Crippen LogP contribution in [0, 0.1) is 27.7 Å². The van der Waals surface area contributed by atoms with E-state index in [4.69, 9.17) is 0 Å². The molecule has 0 bridgehead atoms. The van der Waals surface area contributed by atoms with Crippen molar-refractivity contribution in [3.05, 3.63) is 80.9 Å². The molecule has 2 aromatic carbocycles. The molecular formula is C21H16F2N4O4S. The number of hydrogen-bond acceptors (Lipinski definition) is 6. The maximum Gasteiger partial charge on any atom is 0.306 e. The van der Waals surface area contributed by atoms with E-state index in [1.165, 1.54) is 34.4 Å². The lowest BCUT2D eigenvalue weighted by Crippen LogP contribution is -2.28. The van der Waals surface area contributed by atoms with Crippen LogP contribution >= 0.6 is 11.3 Å². The van der Waals surface area contributed by atoms with Crippen LogP contribution in [0.1, 0.15) is 16.9 Å². The quantitative estimate of drug-likeness (QED) is 0.445. The second-order valence-corrected chi connectivity index (χ2v) is 8.34. The van der Waals surface area contributed by atoms with E-state index in [9.17, 15) is 28.5 Å². The van der Waals surface area contributed by atoms with Crippen molar-refractivity contribution in [1.29, 1.82) is 0 Å². The smallest absolute Gasteiger partial charge is 0.306 e. The topological polar surface area (TPSA) is 105 Å². The number of carbonyl (C=O) groups excluding carboxylic acids is 2. The number of nitro benzene ring substituents is 1. The minimum Gasteiger partial charge on any atom is -0.311 e. The van der Waals surface area contributed by atoms with Crippen molar-refractivity contribution in [2.45, 2.75) is 12.8 Å². The summed E-state index contributed by atoms with van der Waals surface area (Å²) in [5.41, 5.74) is 0.193. The number of nitro groups is 1. The average Bonchev–Trinajstić information content (AvgIpc) is 3.34. The molecule has 1 unspecified atom stereocenters. The summed E-state index contributed by atoms with van der Waals surface area (Å²) in [4.78, 5) is 41.3. The number of benzene rings is 2. The third-order valence-electron chi connectivity index (χ3n) is 4.98. The zero-order valence-corrected chi connectivity index (χ0v) is 17.3. The summed E-state index contributed by atoms with van der Waals surface area (Å²) in [7, 11) is 0. The zero-order chi connectivity index (χ0) is 22.8. The van der Waals surface area contributed by atoms with Crippen molar-refractivity contribution >= 4 is 39.7 Å². The first-order valence-corrected chi connectivity index (χ1v) is 10.4. The number of aromatic nitrogens is 1. The predicted molar refractivity (Wildman–Crippen MR) is 113 cm³/mol. The Balaban J connectivity index is 1.41. The Morgan fingerprint density at radius 2 is 2.09 bits per heavy atom. The molecule has 1 N–H and O–H groups in total. The number of nitrogens with one attached hydrogen (secondary N) is 1. The largest absolute Gasteiger partial charge is 0.311 e. The van der Waals surface area contributed by atoms with Crippen LogP contribution in [-0.2, 0) is 16.0 Å². The molecule has 11 heteroatoms. The van der Waals surface area contributed by atoms with Gasteiger partial charge in [0.05, 0.1) is 16.5 Å². The minimum absolute atomic E-state index is 0.00891. The first-order valence-electron chi connectivity index (χ1n) is 9.54. The van der Waals surface area contributed by atoms with Crippen molar-refractivity contribution < 1.29 is 23.3 Å². The Hall–Kier alpha value is -3.73. The van der Waals surface area contributed by atoms with Crippen molar-refractivity contribution in [3.63, 3.8) is 0 Å². The molecule has 0 saturated carbocycles. The monoisotopic (exact) mass is 458 g/mol. The summed E-state index contributed by atoms with van der Waals surface area (Å²) in [5.74, 6) is -2.83. The van der Waals surface area contributed by atoms with Crippen molar-refractivity contribution in [3.8, 4) is 0 Å². The molecule has 1 atom stereocenters. The Labute approximate surface area is 184 Å². The highest BCUT2D eigenvalue weighted by Crippen LogP contribution is 2.30. The Bertz CT molecular complexity index is 1220. The van der Waals surface area contributed by atoms with Crippen LogP contribution in [0.25, 0.3) is 0 Å². The molecule has 1 saturated heterocycles. The first-order chi connectivity index (χ1) is 15.3. The number of anilines is 2. The van der Waals surface area contributed by atoms with E-state index in [1.54, 1.807) is 18.3 Å². The summed E-state index contributed by atoms with van der Waals surface area (Å²) < 4.78 is 26.9. The summed E-state index contributed by atoms with van der Waals surface area (Å²) >= 11 is 1.24. The highest BCUT2D eigenvalue weighted by molar-refractivity contribution is 7.15. The van der Waals surface area contributed by atoms with Crippen molar-refractivity contribution in [2.75, 3.05) is 16.8 Å². The second kappa shape index (κ2) is 8.79. The molecule has 1 aromatic heterocycles. The number of hydrogen-bond donors (Lipinski definition) is 1. The van der Waals surface area contributed by atoms with Gasteiger partial charge in [0, 0.05) is 36.5 Å². The minimum atomic E-state index is -1.00. The van der Waals surface area contributed by atoms with Gasteiger partial charge in [0.1, 0.15) is 5.82 Å². The van der Waals surface area contributed by atoms with Gasteiger partial charge in [-0.25, -0.2) is 9.37 Å². The predicted octanol–water partition coefficient (Wildman–Crippen LogP) is 3.91. The molecule has 1 fully saturated rings. The summed E-state index contributed by atoms with van der Waals surface area (Å²) in [6.07, 6.45) is 1.97. The van der Waals surface area contributed by atoms with E-state index in [2.05, 4.69) is 10.3 Å². The fourth-order valence-electron chi connectivity index (χ4n) is 3.44.